The van der Waals surface area contributed by atoms with Crippen LogP contribution in [-0.2, 0) is 4.79 Å². The zero-order valence-corrected chi connectivity index (χ0v) is 9.25. The third-order valence-corrected chi connectivity index (χ3v) is 2.31. The van der Waals surface area contributed by atoms with Gasteiger partial charge in [0.25, 0.3) is 0 Å². The topological polar surface area (TPSA) is 26.3 Å². The Kier molecular flexibility index (Phi) is 4.07. The molecular weight excluding hydrogens is 251 g/mol. The summed E-state index contributed by atoms with van der Waals surface area (Å²) in [6, 6.07) is 4.72. The number of hydrogen-bond donors (Lipinski definition) is 0. The highest BCUT2D eigenvalue weighted by Crippen LogP contribution is 2.28. The molecule has 0 N–H and O–H groups in total. The van der Waals surface area contributed by atoms with Crippen LogP contribution in [-0.4, -0.2) is 12.9 Å². The molecule has 0 radical (unpaired) electrons. The number of rotatable bonds is 4. The van der Waals surface area contributed by atoms with Crippen LogP contribution in [0.25, 0.3) is 0 Å². The van der Waals surface area contributed by atoms with Gasteiger partial charge in [-0.3, -0.25) is 4.79 Å². The summed E-state index contributed by atoms with van der Waals surface area (Å²) in [5.74, 6) is 0.648. The van der Waals surface area contributed by atoms with Gasteiger partial charge in [0.2, 0.25) is 0 Å². The Morgan fingerprint density at radius 1 is 1.64 bits per heavy atom. The Bertz CT molecular complexity index is 328. The highest BCUT2D eigenvalue weighted by Gasteiger charge is 2.10. The SMILES string of the molecule is CCOc1ccc(C(F)C=O)cc1Br. The summed E-state index contributed by atoms with van der Waals surface area (Å²) in [5, 5.41) is 0. The number of ether oxygens (including phenoxy) is 1. The molecule has 0 saturated carbocycles. The summed E-state index contributed by atoms with van der Waals surface area (Å²) < 4.78 is 18.8. The summed E-state index contributed by atoms with van der Waals surface area (Å²) in [6.45, 7) is 2.41. The molecule has 0 saturated heterocycles. The number of alkyl halides is 1. The molecule has 1 unspecified atom stereocenters. The van der Waals surface area contributed by atoms with E-state index in [0.29, 0.717) is 22.4 Å². The maximum absolute atomic E-state index is 12.9. The lowest BCUT2D eigenvalue weighted by Crippen LogP contribution is -1.96. The first-order valence-corrected chi connectivity index (χ1v) is 5.00. The van der Waals surface area contributed by atoms with E-state index in [1.807, 2.05) is 6.92 Å². The minimum absolute atomic E-state index is 0.266. The molecule has 1 aromatic carbocycles. The molecule has 0 bridgehead atoms. The van der Waals surface area contributed by atoms with Crippen LogP contribution in [0.2, 0.25) is 0 Å². The largest absolute Gasteiger partial charge is 0.493 e. The molecular formula is C10H10BrFO2. The minimum Gasteiger partial charge on any atom is -0.493 e. The van der Waals surface area contributed by atoms with Gasteiger partial charge in [-0.05, 0) is 40.5 Å². The number of carbonyl (C=O) groups excluding carboxylic acids is 1. The van der Waals surface area contributed by atoms with Gasteiger partial charge in [-0.25, -0.2) is 4.39 Å². The van der Waals surface area contributed by atoms with Crippen LogP contribution in [0.15, 0.2) is 22.7 Å². The number of carbonyl (C=O) groups is 1. The lowest BCUT2D eigenvalue weighted by Gasteiger charge is -2.07. The van der Waals surface area contributed by atoms with E-state index >= 15 is 0 Å². The number of halogens is 2. The Labute approximate surface area is 90.2 Å². The van der Waals surface area contributed by atoms with Crippen molar-refractivity contribution in [3.05, 3.63) is 28.2 Å². The highest BCUT2D eigenvalue weighted by atomic mass is 79.9. The third-order valence-electron chi connectivity index (χ3n) is 1.69. The summed E-state index contributed by atoms with van der Waals surface area (Å²) >= 11 is 3.24. The van der Waals surface area contributed by atoms with Crippen LogP contribution in [0.1, 0.15) is 18.7 Å². The lowest BCUT2D eigenvalue weighted by atomic mass is 10.1. The molecule has 14 heavy (non-hydrogen) atoms. The summed E-state index contributed by atoms with van der Waals surface area (Å²) in [7, 11) is 0. The normalized spacial score (nSPS) is 12.2. The van der Waals surface area contributed by atoms with E-state index < -0.39 is 6.17 Å². The van der Waals surface area contributed by atoms with Gasteiger partial charge in [0.15, 0.2) is 12.5 Å². The molecule has 0 aliphatic heterocycles. The van der Waals surface area contributed by atoms with Crippen molar-refractivity contribution in [3.8, 4) is 5.75 Å². The lowest BCUT2D eigenvalue weighted by molar-refractivity contribution is -0.112. The second kappa shape index (κ2) is 5.10. The summed E-state index contributed by atoms with van der Waals surface area (Å²) in [5.41, 5.74) is 0.329. The molecule has 0 aliphatic carbocycles. The van der Waals surface area contributed by atoms with E-state index in [-0.39, 0.29) is 6.29 Å². The molecule has 4 heteroatoms. The maximum atomic E-state index is 12.9. The Morgan fingerprint density at radius 2 is 2.36 bits per heavy atom. The van der Waals surface area contributed by atoms with Crippen molar-refractivity contribution in [2.75, 3.05) is 6.61 Å². The Morgan fingerprint density at radius 3 is 2.86 bits per heavy atom. The van der Waals surface area contributed by atoms with Gasteiger partial charge in [0.1, 0.15) is 5.75 Å². The molecule has 0 heterocycles. The minimum atomic E-state index is -1.57. The van der Waals surface area contributed by atoms with Crippen molar-refractivity contribution >= 4 is 22.2 Å². The van der Waals surface area contributed by atoms with Crippen molar-refractivity contribution in [2.45, 2.75) is 13.1 Å². The molecule has 1 aromatic rings. The van der Waals surface area contributed by atoms with Crippen molar-refractivity contribution < 1.29 is 13.9 Å². The van der Waals surface area contributed by atoms with Gasteiger partial charge in [0, 0.05) is 0 Å². The fraction of sp³-hybridized carbons (Fsp3) is 0.300. The standard InChI is InChI=1S/C10H10BrFO2/c1-2-14-10-4-3-7(5-8(10)11)9(12)6-13/h3-6,9H,2H2,1H3. The van der Waals surface area contributed by atoms with Gasteiger partial charge in [-0.15, -0.1) is 0 Å². The average Bonchev–Trinajstić information content (AvgIpc) is 2.20. The predicted octanol–water partition coefficient (Wildman–Crippen LogP) is 3.06. The van der Waals surface area contributed by atoms with E-state index in [1.54, 1.807) is 12.1 Å². The van der Waals surface area contributed by atoms with Gasteiger partial charge in [-0.1, -0.05) is 6.07 Å². The molecule has 0 aliphatic rings. The Balaban J connectivity index is 2.93. The monoisotopic (exact) mass is 260 g/mol. The van der Waals surface area contributed by atoms with Crippen molar-refractivity contribution in [1.29, 1.82) is 0 Å². The van der Waals surface area contributed by atoms with Crippen molar-refractivity contribution in [3.63, 3.8) is 0 Å². The fourth-order valence-electron chi connectivity index (χ4n) is 1.04. The molecule has 1 rings (SSSR count). The summed E-state index contributed by atoms with van der Waals surface area (Å²) in [6.07, 6.45) is -1.30. The van der Waals surface area contributed by atoms with E-state index in [0.717, 1.165) is 0 Å². The first kappa shape index (κ1) is 11.2. The van der Waals surface area contributed by atoms with Gasteiger partial charge < -0.3 is 4.74 Å². The van der Waals surface area contributed by atoms with Crippen LogP contribution in [0, 0.1) is 0 Å². The van der Waals surface area contributed by atoms with E-state index in [1.165, 1.54) is 6.07 Å². The zero-order valence-electron chi connectivity index (χ0n) is 7.67. The molecule has 0 spiro atoms. The van der Waals surface area contributed by atoms with Gasteiger partial charge >= 0.3 is 0 Å². The molecule has 0 fully saturated rings. The van der Waals surface area contributed by atoms with E-state index in [4.69, 9.17) is 4.74 Å². The van der Waals surface area contributed by atoms with Crippen molar-refractivity contribution in [1.82, 2.24) is 0 Å². The molecule has 0 aromatic heterocycles. The number of aldehydes is 1. The van der Waals surface area contributed by atoms with Crippen LogP contribution >= 0.6 is 15.9 Å². The first-order valence-electron chi connectivity index (χ1n) is 4.20. The van der Waals surface area contributed by atoms with Crippen LogP contribution in [0.4, 0.5) is 4.39 Å². The second-order valence-corrected chi connectivity index (χ2v) is 3.52. The van der Waals surface area contributed by atoms with Gasteiger partial charge in [-0.2, -0.15) is 0 Å². The second-order valence-electron chi connectivity index (χ2n) is 2.66. The third kappa shape index (κ3) is 2.54. The van der Waals surface area contributed by atoms with Gasteiger partial charge in [0.05, 0.1) is 11.1 Å². The van der Waals surface area contributed by atoms with E-state index in [9.17, 15) is 9.18 Å². The average molecular weight is 261 g/mol. The zero-order chi connectivity index (χ0) is 10.6. The molecule has 1 atom stereocenters. The fourth-order valence-corrected chi connectivity index (χ4v) is 1.55. The van der Waals surface area contributed by atoms with Crippen molar-refractivity contribution in [2.24, 2.45) is 0 Å². The predicted molar refractivity (Wildman–Crippen MR) is 55.2 cm³/mol. The molecule has 0 amide bonds. The maximum Gasteiger partial charge on any atom is 0.180 e. The first-order chi connectivity index (χ1) is 6.69. The molecule has 2 nitrogen and oxygen atoms in total. The quantitative estimate of drug-likeness (QED) is 0.778. The Hall–Kier alpha value is -0.900. The number of hydrogen-bond acceptors (Lipinski definition) is 2. The smallest absolute Gasteiger partial charge is 0.180 e. The van der Waals surface area contributed by atoms with E-state index in [2.05, 4.69) is 15.9 Å². The van der Waals surface area contributed by atoms with Crippen LogP contribution < -0.4 is 4.74 Å². The molecule has 76 valence electrons. The highest BCUT2D eigenvalue weighted by molar-refractivity contribution is 9.10. The summed E-state index contributed by atoms with van der Waals surface area (Å²) in [4.78, 5) is 10.2. The van der Waals surface area contributed by atoms with Crippen LogP contribution in [0.3, 0.4) is 0 Å². The van der Waals surface area contributed by atoms with Crippen LogP contribution in [0.5, 0.6) is 5.75 Å². The number of benzene rings is 1.